The molecule has 4 heteroatoms. The van der Waals surface area contributed by atoms with E-state index in [-0.39, 0.29) is 18.6 Å². The second-order valence-corrected chi connectivity index (χ2v) is 5.55. The molecule has 0 spiro atoms. The Bertz CT molecular complexity index is 411. The fourth-order valence-corrected chi connectivity index (χ4v) is 1.94. The Morgan fingerprint density at radius 1 is 1.14 bits per heavy atom. The highest BCUT2D eigenvalue weighted by Gasteiger charge is 2.08. The summed E-state index contributed by atoms with van der Waals surface area (Å²) in [5.74, 6) is 0.664. The molecule has 0 bridgehead atoms. The molecule has 0 unspecified atom stereocenters. The van der Waals surface area contributed by atoms with E-state index >= 15 is 0 Å². The molecule has 0 saturated heterocycles. The van der Waals surface area contributed by atoms with Crippen LogP contribution in [0.25, 0.3) is 0 Å². The molecule has 0 aliphatic carbocycles. The largest absolute Gasteiger partial charge is 0.484 e. The van der Waals surface area contributed by atoms with Crippen LogP contribution in [0.4, 0.5) is 0 Å². The van der Waals surface area contributed by atoms with Crippen LogP contribution in [0.15, 0.2) is 24.3 Å². The molecule has 0 fully saturated rings. The number of hydrogen-bond acceptors (Lipinski definition) is 3. The Balaban J connectivity index is 2.36. The van der Waals surface area contributed by atoms with Crippen LogP contribution in [-0.4, -0.2) is 24.6 Å². The van der Waals surface area contributed by atoms with E-state index in [1.165, 1.54) is 5.56 Å². The number of nitrogens with one attached hydrogen (secondary N) is 2. The van der Waals surface area contributed by atoms with Gasteiger partial charge in [-0.2, -0.15) is 0 Å². The van der Waals surface area contributed by atoms with Crippen LogP contribution in [0.5, 0.6) is 5.75 Å². The van der Waals surface area contributed by atoms with Gasteiger partial charge in [0.25, 0.3) is 5.91 Å². The lowest BCUT2D eigenvalue weighted by atomic mass is 10.2. The van der Waals surface area contributed by atoms with E-state index in [1.807, 2.05) is 24.3 Å². The molecule has 0 saturated carbocycles. The zero-order chi connectivity index (χ0) is 15.7. The minimum absolute atomic E-state index is 0.0609. The minimum atomic E-state index is -0.0609. The molecular weight excluding hydrogens is 264 g/mol. The van der Waals surface area contributed by atoms with Crippen LogP contribution in [0, 0.1) is 0 Å². The molecule has 0 aliphatic heterocycles. The Labute approximate surface area is 128 Å². The van der Waals surface area contributed by atoms with Crippen molar-refractivity contribution in [2.45, 2.75) is 59.2 Å². The first-order valence-electron chi connectivity index (χ1n) is 7.79. The molecule has 0 heterocycles. The highest BCUT2D eigenvalue weighted by molar-refractivity contribution is 5.77. The van der Waals surface area contributed by atoms with E-state index < -0.39 is 0 Å². The summed E-state index contributed by atoms with van der Waals surface area (Å²) < 4.78 is 5.51. The monoisotopic (exact) mass is 292 g/mol. The van der Waals surface area contributed by atoms with Crippen LogP contribution in [0.2, 0.25) is 0 Å². The van der Waals surface area contributed by atoms with Crippen molar-refractivity contribution in [1.82, 2.24) is 10.6 Å². The topological polar surface area (TPSA) is 50.4 Å². The van der Waals surface area contributed by atoms with Gasteiger partial charge in [0.2, 0.25) is 0 Å². The van der Waals surface area contributed by atoms with Gasteiger partial charge in [0.1, 0.15) is 5.75 Å². The molecule has 1 aromatic rings. The summed E-state index contributed by atoms with van der Waals surface area (Å²) in [5, 5.41) is 6.32. The number of carbonyl (C=O) groups excluding carboxylic acids is 1. The van der Waals surface area contributed by atoms with Crippen molar-refractivity contribution in [2.75, 3.05) is 6.61 Å². The first kappa shape index (κ1) is 17.5. The van der Waals surface area contributed by atoms with Crippen LogP contribution in [0.1, 0.15) is 46.1 Å². The van der Waals surface area contributed by atoms with E-state index in [4.69, 9.17) is 4.74 Å². The molecule has 0 radical (unpaired) electrons. The summed E-state index contributed by atoms with van der Waals surface area (Å²) in [6, 6.07) is 8.55. The highest BCUT2D eigenvalue weighted by atomic mass is 16.5. The molecule has 21 heavy (non-hydrogen) atoms. The number of ether oxygens (including phenoxy) is 1. The lowest BCUT2D eigenvalue weighted by Crippen LogP contribution is -2.37. The maximum absolute atomic E-state index is 11.7. The predicted molar refractivity (Wildman–Crippen MR) is 86.4 cm³/mol. The van der Waals surface area contributed by atoms with Gasteiger partial charge in [0.05, 0.1) is 0 Å². The average molecular weight is 292 g/mol. The summed E-state index contributed by atoms with van der Waals surface area (Å²) in [6.45, 7) is 9.29. The van der Waals surface area contributed by atoms with Gasteiger partial charge in [-0.3, -0.25) is 4.79 Å². The van der Waals surface area contributed by atoms with Crippen molar-refractivity contribution < 1.29 is 9.53 Å². The van der Waals surface area contributed by atoms with E-state index in [2.05, 4.69) is 38.3 Å². The third kappa shape index (κ3) is 7.14. The third-order valence-electron chi connectivity index (χ3n) is 3.36. The summed E-state index contributed by atoms with van der Waals surface area (Å²) in [5.41, 5.74) is 1.21. The average Bonchev–Trinajstić information content (AvgIpc) is 2.49. The molecule has 4 nitrogen and oxygen atoms in total. The van der Waals surface area contributed by atoms with E-state index in [0.717, 1.165) is 25.1 Å². The smallest absolute Gasteiger partial charge is 0.258 e. The minimum Gasteiger partial charge on any atom is -0.484 e. The predicted octanol–water partition coefficient (Wildman–Crippen LogP) is 2.87. The van der Waals surface area contributed by atoms with Crippen molar-refractivity contribution in [2.24, 2.45) is 0 Å². The van der Waals surface area contributed by atoms with Gasteiger partial charge in [-0.15, -0.1) is 0 Å². The van der Waals surface area contributed by atoms with E-state index in [1.54, 1.807) is 0 Å². The quantitative estimate of drug-likeness (QED) is 0.736. The maximum atomic E-state index is 11.7. The van der Waals surface area contributed by atoms with Crippen molar-refractivity contribution in [3.8, 4) is 5.75 Å². The normalized spacial score (nSPS) is 11.0. The number of rotatable bonds is 9. The zero-order valence-electron chi connectivity index (χ0n) is 13.6. The Morgan fingerprint density at radius 3 is 2.29 bits per heavy atom. The van der Waals surface area contributed by atoms with Gasteiger partial charge in [0, 0.05) is 18.6 Å². The lowest BCUT2D eigenvalue weighted by Gasteiger charge is -2.15. The van der Waals surface area contributed by atoms with Gasteiger partial charge in [-0.25, -0.2) is 0 Å². The molecule has 1 rings (SSSR count). The number of carbonyl (C=O) groups is 1. The maximum Gasteiger partial charge on any atom is 0.258 e. The van der Waals surface area contributed by atoms with Crippen LogP contribution in [0.3, 0.4) is 0 Å². The highest BCUT2D eigenvalue weighted by Crippen LogP contribution is 2.12. The van der Waals surface area contributed by atoms with E-state index in [0.29, 0.717) is 6.04 Å². The number of hydrogen-bond donors (Lipinski definition) is 2. The third-order valence-corrected chi connectivity index (χ3v) is 3.36. The standard InChI is InChI=1S/C17H28N2O2/c1-5-15(6-2)19-17(20)12-21-16-9-7-14(8-10-16)11-18-13(3)4/h7-10,13,15,18H,5-6,11-12H2,1-4H3,(H,19,20). The van der Waals surface area contributed by atoms with Gasteiger partial charge in [-0.1, -0.05) is 39.8 Å². The molecule has 1 aromatic carbocycles. The van der Waals surface area contributed by atoms with Crippen LogP contribution >= 0.6 is 0 Å². The van der Waals surface area contributed by atoms with Crippen molar-refractivity contribution in [3.05, 3.63) is 29.8 Å². The summed E-state index contributed by atoms with van der Waals surface area (Å²) in [7, 11) is 0. The Kier molecular flexibility index (Phi) is 7.83. The van der Waals surface area contributed by atoms with Crippen molar-refractivity contribution in [3.63, 3.8) is 0 Å². The van der Waals surface area contributed by atoms with Gasteiger partial charge < -0.3 is 15.4 Å². The molecular formula is C17H28N2O2. The molecule has 1 amide bonds. The first-order valence-corrected chi connectivity index (χ1v) is 7.79. The van der Waals surface area contributed by atoms with E-state index in [9.17, 15) is 4.79 Å². The summed E-state index contributed by atoms with van der Waals surface area (Å²) >= 11 is 0. The summed E-state index contributed by atoms with van der Waals surface area (Å²) in [4.78, 5) is 11.7. The summed E-state index contributed by atoms with van der Waals surface area (Å²) in [6.07, 6.45) is 1.89. The molecule has 0 aliphatic rings. The molecule has 2 N–H and O–H groups in total. The zero-order valence-corrected chi connectivity index (χ0v) is 13.6. The second kappa shape index (κ2) is 9.40. The van der Waals surface area contributed by atoms with Gasteiger partial charge in [-0.05, 0) is 30.5 Å². The first-order chi connectivity index (χ1) is 10.0. The van der Waals surface area contributed by atoms with Gasteiger partial charge >= 0.3 is 0 Å². The SMILES string of the molecule is CCC(CC)NC(=O)COc1ccc(CNC(C)C)cc1. The number of benzene rings is 1. The van der Waals surface area contributed by atoms with Crippen LogP contribution in [-0.2, 0) is 11.3 Å². The molecule has 0 atom stereocenters. The number of amides is 1. The second-order valence-electron chi connectivity index (χ2n) is 5.55. The molecule has 0 aromatic heterocycles. The Morgan fingerprint density at radius 2 is 1.76 bits per heavy atom. The fraction of sp³-hybridized carbons (Fsp3) is 0.588. The lowest BCUT2D eigenvalue weighted by molar-refractivity contribution is -0.123. The van der Waals surface area contributed by atoms with Gasteiger partial charge in [0.15, 0.2) is 6.61 Å². The fourth-order valence-electron chi connectivity index (χ4n) is 1.94. The molecule has 118 valence electrons. The Hall–Kier alpha value is -1.55. The van der Waals surface area contributed by atoms with Crippen molar-refractivity contribution in [1.29, 1.82) is 0 Å². The van der Waals surface area contributed by atoms with Crippen molar-refractivity contribution >= 4 is 5.91 Å². The van der Waals surface area contributed by atoms with Crippen LogP contribution < -0.4 is 15.4 Å².